The van der Waals surface area contributed by atoms with Crippen LogP contribution in [0.4, 0.5) is 23.0 Å². The van der Waals surface area contributed by atoms with Gasteiger partial charge in [-0.3, -0.25) is 4.79 Å². The van der Waals surface area contributed by atoms with Gasteiger partial charge < -0.3 is 15.5 Å². The van der Waals surface area contributed by atoms with Crippen LogP contribution >= 0.6 is 0 Å². The van der Waals surface area contributed by atoms with E-state index in [0.717, 1.165) is 30.0 Å². The number of rotatable bonds is 5. The summed E-state index contributed by atoms with van der Waals surface area (Å²) in [7, 11) is 0. The molecule has 1 aliphatic heterocycles. The maximum atomic E-state index is 12.5. The molecule has 29 heavy (non-hydrogen) atoms. The fourth-order valence-electron chi connectivity index (χ4n) is 3.41. The molecular formula is C23H25N5O. The highest BCUT2D eigenvalue weighted by Gasteiger charge is 2.12. The number of piperidine rings is 1. The van der Waals surface area contributed by atoms with Crippen molar-refractivity contribution in [1.29, 1.82) is 0 Å². The van der Waals surface area contributed by atoms with Crippen LogP contribution in [0.25, 0.3) is 0 Å². The lowest BCUT2D eigenvalue weighted by atomic mass is 10.1. The van der Waals surface area contributed by atoms with Crippen molar-refractivity contribution in [2.75, 3.05) is 28.6 Å². The third kappa shape index (κ3) is 4.90. The Hall–Kier alpha value is -3.41. The first-order valence-electron chi connectivity index (χ1n) is 10.0. The first-order valence-corrected chi connectivity index (χ1v) is 10.0. The lowest BCUT2D eigenvalue weighted by Gasteiger charge is -2.28. The number of amides is 1. The van der Waals surface area contributed by atoms with Crippen LogP contribution in [0.2, 0.25) is 0 Å². The number of aryl methyl sites for hydroxylation is 1. The molecule has 2 N–H and O–H groups in total. The number of carbonyl (C=O) groups excluding carboxylic acids is 1. The van der Waals surface area contributed by atoms with Gasteiger partial charge in [-0.15, -0.1) is 0 Å². The van der Waals surface area contributed by atoms with Crippen molar-refractivity contribution in [1.82, 2.24) is 9.97 Å². The number of hydrogen-bond donors (Lipinski definition) is 2. The quantitative estimate of drug-likeness (QED) is 0.660. The van der Waals surface area contributed by atoms with Gasteiger partial charge in [0, 0.05) is 36.3 Å². The molecule has 0 spiro atoms. The predicted octanol–water partition coefficient (Wildman–Crippen LogP) is 4.77. The fraction of sp³-hybridized carbons (Fsp3) is 0.261. The maximum Gasteiger partial charge on any atom is 0.274 e. The lowest BCUT2D eigenvalue weighted by Crippen LogP contribution is -2.29. The van der Waals surface area contributed by atoms with Gasteiger partial charge in [-0.2, -0.15) is 0 Å². The zero-order valence-electron chi connectivity index (χ0n) is 16.6. The van der Waals surface area contributed by atoms with E-state index in [9.17, 15) is 4.79 Å². The predicted molar refractivity (Wildman–Crippen MR) is 117 cm³/mol. The van der Waals surface area contributed by atoms with E-state index in [0.29, 0.717) is 11.6 Å². The minimum absolute atomic E-state index is 0.264. The number of benzene rings is 2. The molecule has 2 heterocycles. The number of nitrogens with zero attached hydrogens (tertiary/aromatic N) is 3. The number of carbonyl (C=O) groups is 1. The summed E-state index contributed by atoms with van der Waals surface area (Å²) in [6, 6.07) is 17.5. The second-order valence-corrected chi connectivity index (χ2v) is 7.31. The van der Waals surface area contributed by atoms with Gasteiger partial charge in [0.15, 0.2) is 0 Å². The van der Waals surface area contributed by atoms with E-state index >= 15 is 0 Å². The summed E-state index contributed by atoms with van der Waals surface area (Å²) >= 11 is 0. The van der Waals surface area contributed by atoms with Gasteiger partial charge in [0.1, 0.15) is 5.69 Å². The van der Waals surface area contributed by atoms with Crippen LogP contribution in [0.15, 0.2) is 60.8 Å². The molecule has 6 heteroatoms. The van der Waals surface area contributed by atoms with E-state index in [4.69, 9.17) is 0 Å². The molecule has 4 rings (SSSR count). The minimum atomic E-state index is -0.264. The number of hydrogen-bond acceptors (Lipinski definition) is 5. The smallest absolute Gasteiger partial charge is 0.274 e. The number of anilines is 4. The van der Waals surface area contributed by atoms with Gasteiger partial charge in [0.25, 0.3) is 5.91 Å². The van der Waals surface area contributed by atoms with Crippen molar-refractivity contribution in [3.63, 3.8) is 0 Å². The van der Waals surface area contributed by atoms with Crippen LogP contribution < -0.4 is 15.5 Å². The van der Waals surface area contributed by atoms with Crippen LogP contribution in [0.3, 0.4) is 0 Å². The third-order valence-corrected chi connectivity index (χ3v) is 5.04. The van der Waals surface area contributed by atoms with Crippen molar-refractivity contribution in [3.05, 3.63) is 72.1 Å². The Morgan fingerprint density at radius 3 is 2.31 bits per heavy atom. The van der Waals surface area contributed by atoms with Gasteiger partial charge in [-0.05, 0) is 68.7 Å². The number of aromatic nitrogens is 2. The molecule has 0 radical (unpaired) electrons. The monoisotopic (exact) mass is 387 g/mol. The van der Waals surface area contributed by atoms with E-state index in [1.165, 1.54) is 24.9 Å². The Bertz CT molecular complexity index is 963. The molecule has 1 fully saturated rings. The molecule has 0 saturated carbocycles. The normalized spacial score (nSPS) is 13.8. The largest absolute Gasteiger partial charge is 0.372 e. The summed E-state index contributed by atoms with van der Waals surface area (Å²) in [5.74, 6) is 0.132. The van der Waals surface area contributed by atoms with Gasteiger partial charge in [-0.1, -0.05) is 17.7 Å². The van der Waals surface area contributed by atoms with Gasteiger partial charge in [0.05, 0.1) is 0 Å². The molecule has 148 valence electrons. The molecule has 1 saturated heterocycles. The Balaban J connectivity index is 1.41. The molecule has 0 aliphatic carbocycles. The zero-order valence-corrected chi connectivity index (χ0v) is 16.6. The Morgan fingerprint density at radius 2 is 1.59 bits per heavy atom. The summed E-state index contributed by atoms with van der Waals surface area (Å²) in [6.07, 6.45) is 5.42. The first-order chi connectivity index (χ1) is 14.2. The summed E-state index contributed by atoms with van der Waals surface area (Å²) in [5.41, 5.74) is 4.32. The Labute approximate surface area is 171 Å². The molecule has 2 aromatic carbocycles. The van der Waals surface area contributed by atoms with Crippen LogP contribution in [-0.4, -0.2) is 29.0 Å². The Kier molecular flexibility index (Phi) is 5.70. The summed E-state index contributed by atoms with van der Waals surface area (Å²) < 4.78 is 0. The van der Waals surface area contributed by atoms with E-state index in [1.54, 1.807) is 12.3 Å². The van der Waals surface area contributed by atoms with E-state index < -0.39 is 0 Å². The van der Waals surface area contributed by atoms with Crippen molar-refractivity contribution in [3.8, 4) is 0 Å². The van der Waals surface area contributed by atoms with Crippen LogP contribution in [0.1, 0.15) is 35.3 Å². The molecule has 0 bridgehead atoms. The molecule has 1 amide bonds. The molecule has 1 aliphatic rings. The first kappa shape index (κ1) is 18.9. The van der Waals surface area contributed by atoms with Crippen LogP contribution in [0, 0.1) is 6.92 Å². The van der Waals surface area contributed by atoms with Crippen molar-refractivity contribution < 1.29 is 4.79 Å². The van der Waals surface area contributed by atoms with Crippen molar-refractivity contribution in [2.24, 2.45) is 0 Å². The highest BCUT2D eigenvalue weighted by atomic mass is 16.1. The summed E-state index contributed by atoms with van der Waals surface area (Å²) in [5, 5.41) is 6.04. The highest BCUT2D eigenvalue weighted by Crippen LogP contribution is 2.23. The lowest BCUT2D eigenvalue weighted by molar-refractivity contribution is 0.102. The zero-order chi connectivity index (χ0) is 20.1. The average Bonchev–Trinajstić information content (AvgIpc) is 2.77. The van der Waals surface area contributed by atoms with Gasteiger partial charge in [-0.25, -0.2) is 9.97 Å². The van der Waals surface area contributed by atoms with E-state index in [2.05, 4.69) is 37.6 Å². The van der Waals surface area contributed by atoms with Crippen molar-refractivity contribution >= 4 is 28.9 Å². The molecule has 0 atom stereocenters. The molecular weight excluding hydrogens is 362 g/mol. The molecule has 3 aromatic rings. The molecule has 0 unspecified atom stereocenters. The summed E-state index contributed by atoms with van der Waals surface area (Å²) in [6.45, 7) is 4.25. The minimum Gasteiger partial charge on any atom is -0.372 e. The number of nitrogens with one attached hydrogen (secondary N) is 2. The van der Waals surface area contributed by atoms with E-state index in [-0.39, 0.29) is 5.91 Å². The Morgan fingerprint density at radius 1 is 0.897 bits per heavy atom. The summed E-state index contributed by atoms with van der Waals surface area (Å²) in [4.78, 5) is 23.5. The van der Waals surface area contributed by atoms with E-state index in [1.807, 2.05) is 43.3 Å². The average molecular weight is 387 g/mol. The second kappa shape index (κ2) is 8.73. The third-order valence-electron chi connectivity index (χ3n) is 5.04. The molecule has 1 aromatic heterocycles. The highest BCUT2D eigenvalue weighted by molar-refractivity contribution is 6.03. The van der Waals surface area contributed by atoms with Gasteiger partial charge >= 0.3 is 0 Å². The van der Waals surface area contributed by atoms with Crippen LogP contribution in [-0.2, 0) is 0 Å². The van der Waals surface area contributed by atoms with Gasteiger partial charge in [0.2, 0.25) is 5.95 Å². The van der Waals surface area contributed by atoms with Crippen LogP contribution in [0.5, 0.6) is 0 Å². The fourth-order valence-corrected chi connectivity index (χ4v) is 3.41. The standard InChI is InChI=1S/C23H25N5O/c1-17-5-7-18(8-6-17)25-22(29)21-13-14-24-23(27-21)26-19-9-11-20(12-10-19)28-15-3-2-4-16-28/h5-14H,2-4,15-16H2,1H3,(H,25,29)(H,24,26,27). The molecule has 6 nitrogen and oxygen atoms in total. The SMILES string of the molecule is Cc1ccc(NC(=O)c2ccnc(Nc3ccc(N4CCCCC4)cc3)n2)cc1. The maximum absolute atomic E-state index is 12.5. The topological polar surface area (TPSA) is 70.2 Å². The van der Waals surface area contributed by atoms with Crippen molar-refractivity contribution in [2.45, 2.75) is 26.2 Å². The second-order valence-electron chi connectivity index (χ2n) is 7.31.